The average molecular weight is 302 g/mol. The Hall–Kier alpha value is -1.31. The Kier molecular flexibility index (Phi) is 6.10. The molecule has 1 aliphatic rings. The van der Waals surface area contributed by atoms with Gasteiger partial charge in [0.25, 0.3) is 0 Å². The number of hydrogen-bond donors (Lipinski definition) is 0. The van der Waals surface area contributed by atoms with Gasteiger partial charge < -0.3 is 4.90 Å². The largest absolute Gasteiger partial charge is 0.358 e. The summed E-state index contributed by atoms with van der Waals surface area (Å²) in [6, 6.07) is 12.2. The molecule has 0 spiro atoms. The van der Waals surface area contributed by atoms with E-state index in [2.05, 4.69) is 11.0 Å². The fourth-order valence-corrected chi connectivity index (χ4v) is 3.32. The predicted octanol–water partition coefficient (Wildman–Crippen LogP) is 4.10. The maximum Gasteiger partial charge on any atom is 0.136 e. The summed E-state index contributed by atoms with van der Waals surface area (Å²) in [6.45, 7) is 2.13. The van der Waals surface area contributed by atoms with Crippen molar-refractivity contribution in [2.75, 3.05) is 18.8 Å². The highest BCUT2D eigenvalue weighted by molar-refractivity contribution is 8.23. The number of piperidine rings is 1. The lowest BCUT2D eigenvalue weighted by molar-refractivity contribution is 0.352. The van der Waals surface area contributed by atoms with Crippen LogP contribution in [-0.2, 0) is 0 Å². The lowest BCUT2D eigenvalue weighted by atomic mass is 10.1. The number of thiocarbonyl (C=S) groups is 1. The van der Waals surface area contributed by atoms with E-state index in [0.29, 0.717) is 5.75 Å². The zero-order valence-corrected chi connectivity index (χ0v) is 13.1. The van der Waals surface area contributed by atoms with E-state index in [9.17, 15) is 5.26 Å². The third-order valence-electron chi connectivity index (χ3n) is 3.25. The summed E-state index contributed by atoms with van der Waals surface area (Å²) in [5.74, 6) is 0.653. The Morgan fingerprint density at radius 2 is 1.95 bits per heavy atom. The van der Waals surface area contributed by atoms with E-state index in [1.165, 1.54) is 19.3 Å². The molecule has 0 aliphatic carbocycles. The normalized spacial score (nSPS) is 15.8. The molecule has 20 heavy (non-hydrogen) atoms. The first-order chi connectivity index (χ1) is 9.79. The van der Waals surface area contributed by atoms with Gasteiger partial charge in [-0.2, -0.15) is 5.26 Å². The van der Waals surface area contributed by atoms with Crippen LogP contribution in [0.2, 0.25) is 0 Å². The van der Waals surface area contributed by atoms with Gasteiger partial charge in [-0.15, -0.1) is 0 Å². The first-order valence-corrected chi connectivity index (χ1v) is 8.26. The second kappa shape index (κ2) is 8.08. The zero-order chi connectivity index (χ0) is 14.2. The molecule has 0 radical (unpaired) electrons. The fourth-order valence-electron chi connectivity index (χ4n) is 2.16. The number of rotatable bonds is 3. The second-order valence-electron chi connectivity index (χ2n) is 4.79. The summed E-state index contributed by atoms with van der Waals surface area (Å²) in [6.07, 6.45) is 5.70. The van der Waals surface area contributed by atoms with Crippen LogP contribution in [0.3, 0.4) is 0 Å². The summed E-state index contributed by atoms with van der Waals surface area (Å²) >= 11 is 7.06. The van der Waals surface area contributed by atoms with Crippen molar-refractivity contribution in [3.8, 4) is 6.07 Å². The monoisotopic (exact) mass is 302 g/mol. The van der Waals surface area contributed by atoms with Gasteiger partial charge in [-0.1, -0.05) is 54.3 Å². The Bertz CT molecular complexity index is 511. The summed E-state index contributed by atoms with van der Waals surface area (Å²) in [5, 5.41) is 9.22. The first kappa shape index (κ1) is 15.1. The van der Waals surface area contributed by atoms with E-state index in [1.807, 2.05) is 36.4 Å². The van der Waals surface area contributed by atoms with E-state index in [0.717, 1.165) is 28.5 Å². The van der Waals surface area contributed by atoms with Crippen LogP contribution in [0.25, 0.3) is 6.08 Å². The minimum atomic E-state index is 0.653. The number of nitrogens with zero attached hydrogens (tertiary/aromatic N) is 2. The standard InChI is InChI=1S/C16H18N2S2/c17-12-15(11-14-7-3-1-4-8-14)13-20-16(19)18-9-5-2-6-10-18/h1,3-4,7-8,11H,2,5-6,9-10,13H2/b15-11-. The third kappa shape index (κ3) is 4.66. The molecule has 1 fully saturated rings. The molecular formula is C16H18N2S2. The molecule has 0 saturated carbocycles. The first-order valence-electron chi connectivity index (χ1n) is 6.87. The number of thioether (sulfide) groups is 1. The smallest absolute Gasteiger partial charge is 0.136 e. The quantitative estimate of drug-likeness (QED) is 0.620. The fraction of sp³-hybridized carbons (Fsp3) is 0.375. The molecule has 1 aliphatic heterocycles. The van der Waals surface area contributed by atoms with Gasteiger partial charge in [0.2, 0.25) is 0 Å². The van der Waals surface area contributed by atoms with Gasteiger partial charge in [0, 0.05) is 24.4 Å². The number of hydrogen-bond acceptors (Lipinski definition) is 3. The minimum absolute atomic E-state index is 0.653. The van der Waals surface area contributed by atoms with E-state index in [1.54, 1.807) is 11.8 Å². The molecule has 1 aromatic carbocycles. The summed E-state index contributed by atoms with van der Waals surface area (Å²) in [5.41, 5.74) is 1.83. The molecule has 104 valence electrons. The number of nitriles is 1. The van der Waals surface area contributed by atoms with Gasteiger partial charge in [0.05, 0.1) is 6.07 Å². The van der Waals surface area contributed by atoms with Crippen molar-refractivity contribution >= 4 is 34.4 Å². The molecular weight excluding hydrogens is 284 g/mol. The van der Waals surface area contributed by atoms with Crippen LogP contribution >= 0.6 is 24.0 Å². The second-order valence-corrected chi connectivity index (χ2v) is 6.40. The summed E-state index contributed by atoms with van der Waals surface area (Å²) < 4.78 is 0.930. The van der Waals surface area contributed by atoms with Crippen LogP contribution in [0.1, 0.15) is 24.8 Å². The molecule has 1 aromatic rings. The molecule has 0 bridgehead atoms. The van der Waals surface area contributed by atoms with Gasteiger partial charge >= 0.3 is 0 Å². The van der Waals surface area contributed by atoms with Crippen molar-refractivity contribution in [2.24, 2.45) is 0 Å². The Balaban J connectivity index is 1.89. The molecule has 0 aromatic heterocycles. The summed E-state index contributed by atoms with van der Waals surface area (Å²) in [4.78, 5) is 2.26. The molecule has 4 heteroatoms. The molecule has 0 N–H and O–H groups in total. The van der Waals surface area contributed by atoms with Crippen molar-refractivity contribution in [3.05, 3.63) is 41.5 Å². The van der Waals surface area contributed by atoms with E-state index < -0.39 is 0 Å². The Labute approximate surface area is 130 Å². The molecule has 1 saturated heterocycles. The molecule has 2 nitrogen and oxygen atoms in total. The van der Waals surface area contributed by atoms with Crippen LogP contribution in [0.5, 0.6) is 0 Å². The SMILES string of the molecule is N#C/C(=C/c1ccccc1)CSC(=S)N1CCCCC1. The number of likely N-dealkylation sites (tertiary alicyclic amines) is 1. The Morgan fingerprint density at radius 3 is 2.60 bits per heavy atom. The van der Waals surface area contributed by atoms with Gasteiger partial charge in [0.15, 0.2) is 0 Å². The van der Waals surface area contributed by atoms with Crippen LogP contribution in [-0.4, -0.2) is 28.1 Å². The number of benzene rings is 1. The van der Waals surface area contributed by atoms with Crippen LogP contribution in [0.4, 0.5) is 0 Å². The summed E-state index contributed by atoms with van der Waals surface area (Å²) in [7, 11) is 0. The molecule has 2 rings (SSSR count). The van der Waals surface area contributed by atoms with Crippen molar-refractivity contribution in [2.45, 2.75) is 19.3 Å². The van der Waals surface area contributed by atoms with Crippen LogP contribution in [0, 0.1) is 11.3 Å². The Morgan fingerprint density at radius 1 is 1.25 bits per heavy atom. The average Bonchev–Trinajstić information content (AvgIpc) is 2.53. The molecule has 1 heterocycles. The highest BCUT2D eigenvalue weighted by Gasteiger charge is 2.13. The maximum atomic E-state index is 9.22. The predicted molar refractivity (Wildman–Crippen MR) is 90.5 cm³/mol. The lowest BCUT2D eigenvalue weighted by Crippen LogP contribution is -2.32. The maximum absolute atomic E-state index is 9.22. The molecule has 0 unspecified atom stereocenters. The molecule has 0 atom stereocenters. The van der Waals surface area contributed by atoms with Gasteiger partial charge in [0.1, 0.15) is 4.32 Å². The highest BCUT2D eigenvalue weighted by atomic mass is 32.2. The topological polar surface area (TPSA) is 27.0 Å². The van der Waals surface area contributed by atoms with Gasteiger partial charge in [-0.25, -0.2) is 0 Å². The highest BCUT2D eigenvalue weighted by Crippen LogP contribution is 2.19. The van der Waals surface area contributed by atoms with E-state index in [4.69, 9.17) is 12.2 Å². The minimum Gasteiger partial charge on any atom is -0.358 e. The van der Waals surface area contributed by atoms with Crippen molar-refractivity contribution < 1.29 is 0 Å². The van der Waals surface area contributed by atoms with Crippen LogP contribution < -0.4 is 0 Å². The van der Waals surface area contributed by atoms with Crippen LogP contribution in [0.15, 0.2) is 35.9 Å². The van der Waals surface area contributed by atoms with Crippen molar-refractivity contribution in [3.63, 3.8) is 0 Å². The van der Waals surface area contributed by atoms with E-state index in [-0.39, 0.29) is 0 Å². The van der Waals surface area contributed by atoms with Crippen molar-refractivity contribution in [1.82, 2.24) is 4.90 Å². The zero-order valence-electron chi connectivity index (χ0n) is 11.4. The molecule has 0 amide bonds. The third-order valence-corrected chi connectivity index (χ3v) is 4.82. The van der Waals surface area contributed by atoms with Gasteiger partial charge in [-0.3, -0.25) is 0 Å². The van der Waals surface area contributed by atoms with E-state index >= 15 is 0 Å². The van der Waals surface area contributed by atoms with Crippen molar-refractivity contribution in [1.29, 1.82) is 5.26 Å². The lowest BCUT2D eigenvalue weighted by Gasteiger charge is -2.28. The van der Waals surface area contributed by atoms with Gasteiger partial charge in [-0.05, 0) is 30.9 Å².